The maximum absolute atomic E-state index is 6.37. The van der Waals surface area contributed by atoms with E-state index in [9.17, 15) is 0 Å². The van der Waals surface area contributed by atoms with Crippen LogP contribution in [0.5, 0.6) is 0 Å². The molecule has 1 fully saturated rings. The minimum Gasteiger partial charge on any atom is -0.460 e. The van der Waals surface area contributed by atoms with Crippen molar-refractivity contribution in [2.24, 2.45) is 0 Å². The Balaban J connectivity index is 1.81. The van der Waals surface area contributed by atoms with E-state index in [1.165, 1.54) is 13.4 Å². The summed E-state index contributed by atoms with van der Waals surface area (Å²) >= 11 is 5.11. The molecule has 3 atom stereocenters. The van der Waals surface area contributed by atoms with Gasteiger partial charge in [0, 0.05) is 18.6 Å². The number of thiocarbonyl (C=S) groups is 1. The van der Waals surface area contributed by atoms with Crippen molar-refractivity contribution in [3.8, 4) is 0 Å². The average molecular weight is 440 g/mol. The highest BCUT2D eigenvalue weighted by Crippen LogP contribution is 2.38. The SMILES string of the molecule is COC(=S)O[C@@H]1C[C@@H](n2cnc3c(N)ncnc32)O[C@H]1CO[Si](C)(C)C(C)(C)C. The van der Waals surface area contributed by atoms with E-state index in [0.717, 1.165) is 0 Å². The van der Waals surface area contributed by atoms with Crippen LogP contribution in [0.1, 0.15) is 33.4 Å². The van der Waals surface area contributed by atoms with Crippen molar-refractivity contribution in [2.75, 3.05) is 19.5 Å². The molecule has 0 amide bonds. The van der Waals surface area contributed by atoms with Crippen molar-refractivity contribution in [1.82, 2.24) is 19.5 Å². The highest BCUT2D eigenvalue weighted by molar-refractivity contribution is 7.79. The third kappa shape index (κ3) is 4.52. The second-order valence-electron chi connectivity index (χ2n) is 8.63. The summed E-state index contributed by atoms with van der Waals surface area (Å²) in [7, 11) is -0.460. The normalized spacial score (nSPS) is 22.8. The van der Waals surface area contributed by atoms with Crippen LogP contribution in [0.3, 0.4) is 0 Å². The molecule has 2 N–H and O–H groups in total. The van der Waals surface area contributed by atoms with E-state index >= 15 is 0 Å². The molecule has 0 bridgehead atoms. The van der Waals surface area contributed by atoms with Gasteiger partial charge in [-0.2, -0.15) is 0 Å². The number of rotatable bonds is 5. The molecular weight excluding hydrogens is 410 g/mol. The lowest BCUT2D eigenvalue weighted by Crippen LogP contribution is -2.44. The van der Waals surface area contributed by atoms with Gasteiger partial charge in [-0.15, -0.1) is 0 Å². The Kier molecular flexibility index (Phi) is 6.13. The molecule has 11 heteroatoms. The molecule has 0 aliphatic carbocycles. The number of nitrogens with two attached hydrogens (primary N) is 1. The predicted molar refractivity (Wildman–Crippen MR) is 116 cm³/mol. The van der Waals surface area contributed by atoms with Crippen LogP contribution >= 0.6 is 12.2 Å². The van der Waals surface area contributed by atoms with Crippen LogP contribution in [0.4, 0.5) is 5.82 Å². The van der Waals surface area contributed by atoms with Crippen LogP contribution in [0.2, 0.25) is 18.1 Å². The molecule has 3 rings (SSSR count). The van der Waals surface area contributed by atoms with Gasteiger partial charge in [-0.3, -0.25) is 4.57 Å². The number of imidazole rings is 1. The largest absolute Gasteiger partial charge is 0.460 e. The van der Waals surface area contributed by atoms with Crippen LogP contribution in [0.15, 0.2) is 12.7 Å². The number of anilines is 1. The smallest absolute Gasteiger partial charge is 0.352 e. The van der Waals surface area contributed by atoms with E-state index in [1.807, 2.05) is 4.57 Å². The standard InChI is InChI=1S/C18H29N5O4SSi/c1-18(2,3)29(5,6)25-8-12-11(27-17(28)24-4)7-13(26-12)23-10-22-14-15(19)20-9-21-16(14)23/h9-13H,7-8H2,1-6H3,(H2,19,20,21)/t11-,12+,13+/m1/s1. The summed E-state index contributed by atoms with van der Waals surface area (Å²) in [5, 5.41) is 0.177. The van der Waals surface area contributed by atoms with Gasteiger partial charge in [0.15, 0.2) is 19.8 Å². The van der Waals surface area contributed by atoms with Gasteiger partial charge in [0.1, 0.15) is 30.3 Å². The molecule has 2 aromatic rings. The van der Waals surface area contributed by atoms with Gasteiger partial charge >= 0.3 is 5.24 Å². The summed E-state index contributed by atoms with van der Waals surface area (Å²) < 4.78 is 25.4. The second kappa shape index (κ2) is 8.13. The zero-order chi connectivity index (χ0) is 21.4. The summed E-state index contributed by atoms with van der Waals surface area (Å²) in [5.41, 5.74) is 7.06. The maximum Gasteiger partial charge on any atom is 0.352 e. The average Bonchev–Trinajstić information content (AvgIpc) is 3.23. The first-order valence-corrected chi connectivity index (χ1v) is 12.8. The third-order valence-electron chi connectivity index (χ3n) is 5.71. The Bertz CT molecular complexity index is 885. The molecule has 29 heavy (non-hydrogen) atoms. The highest BCUT2D eigenvalue weighted by atomic mass is 32.1. The van der Waals surface area contributed by atoms with Gasteiger partial charge in [0.2, 0.25) is 0 Å². The number of aromatic nitrogens is 4. The molecule has 1 saturated heterocycles. The fourth-order valence-corrected chi connectivity index (χ4v) is 4.04. The zero-order valence-corrected chi connectivity index (χ0v) is 19.5. The third-order valence-corrected chi connectivity index (χ3v) is 10.5. The summed E-state index contributed by atoms with van der Waals surface area (Å²) in [6.45, 7) is 11.4. The van der Waals surface area contributed by atoms with Gasteiger partial charge in [0.05, 0.1) is 20.0 Å². The van der Waals surface area contributed by atoms with Crippen LogP contribution < -0.4 is 5.73 Å². The van der Waals surface area contributed by atoms with E-state index in [4.69, 9.17) is 36.6 Å². The molecule has 0 unspecified atom stereocenters. The lowest BCUT2D eigenvalue weighted by Gasteiger charge is -2.37. The molecule has 3 heterocycles. The van der Waals surface area contributed by atoms with Gasteiger partial charge in [-0.25, -0.2) is 15.0 Å². The van der Waals surface area contributed by atoms with Crippen LogP contribution in [0.25, 0.3) is 11.2 Å². The fourth-order valence-electron chi connectivity index (χ4n) is 2.90. The topological polar surface area (TPSA) is 107 Å². The Morgan fingerprint density at radius 1 is 1.34 bits per heavy atom. The molecule has 2 aromatic heterocycles. The van der Waals surface area contributed by atoms with Gasteiger partial charge in [0.25, 0.3) is 0 Å². The molecule has 9 nitrogen and oxygen atoms in total. The predicted octanol–water partition coefficient (Wildman–Crippen LogP) is 3.03. The fraction of sp³-hybridized carbons (Fsp3) is 0.667. The van der Waals surface area contributed by atoms with Gasteiger partial charge < -0.3 is 24.4 Å². The Labute approximate surface area is 177 Å². The molecule has 160 valence electrons. The van der Waals surface area contributed by atoms with E-state index in [-0.39, 0.29) is 28.7 Å². The van der Waals surface area contributed by atoms with Crippen LogP contribution in [0, 0.1) is 0 Å². The number of ether oxygens (including phenoxy) is 3. The summed E-state index contributed by atoms with van der Waals surface area (Å²) in [4.78, 5) is 12.6. The first-order valence-electron chi connectivity index (χ1n) is 9.50. The number of hydrogen-bond acceptors (Lipinski definition) is 9. The number of methoxy groups -OCH3 is 1. The number of nitrogens with zero attached hydrogens (tertiary/aromatic N) is 4. The van der Waals surface area contributed by atoms with E-state index < -0.39 is 8.32 Å². The number of hydrogen-bond donors (Lipinski definition) is 1. The lowest BCUT2D eigenvalue weighted by molar-refractivity contribution is -0.0411. The lowest BCUT2D eigenvalue weighted by atomic mass is 10.2. The van der Waals surface area contributed by atoms with Crippen molar-refractivity contribution >= 4 is 42.8 Å². The second-order valence-corrected chi connectivity index (χ2v) is 13.8. The van der Waals surface area contributed by atoms with Gasteiger partial charge in [-0.1, -0.05) is 20.8 Å². The first kappa shape index (κ1) is 21.9. The van der Waals surface area contributed by atoms with Crippen molar-refractivity contribution in [3.05, 3.63) is 12.7 Å². The number of fused-ring (bicyclic) bond motifs is 1. The molecule has 0 aromatic carbocycles. The van der Waals surface area contributed by atoms with Gasteiger partial charge in [-0.05, 0) is 18.1 Å². The molecule has 1 aliphatic rings. The molecule has 0 radical (unpaired) electrons. The Morgan fingerprint density at radius 3 is 2.72 bits per heavy atom. The summed E-state index contributed by atoms with van der Waals surface area (Å²) in [5.74, 6) is 0.331. The van der Waals surface area contributed by atoms with Crippen molar-refractivity contribution in [1.29, 1.82) is 0 Å². The van der Waals surface area contributed by atoms with Crippen LogP contribution in [-0.4, -0.2) is 59.0 Å². The first-order chi connectivity index (χ1) is 13.5. The molecular formula is C18H29N5O4SSi. The van der Waals surface area contributed by atoms with Crippen molar-refractivity contribution in [2.45, 2.75) is 63.8 Å². The van der Waals surface area contributed by atoms with Crippen molar-refractivity contribution in [3.63, 3.8) is 0 Å². The maximum atomic E-state index is 6.37. The molecule has 0 saturated carbocycles. The van der Waals surface area contributed by atoms with Crippen LogP contribution in [-0.2, 0) is 18.6 Å². The van der Waals surface area contributed by atoms with E-state index in [2.05, 4.69) is 48.8 Å². The highest BCUT2D eigenvalue weighted by Gasteiger charge is 2.43. The summed E-state index contributed by atoms with van der Waals surface area (Å²) in [6, 6.07) is 0. The molecule has 1 aliphatic heterocycles. The summed E-state index contributed by atoms with van der Waals surface area (Å²) in [6.07, 6.45) is 2.66. The van der Waals surface area contributed by atoms with E-state index in [1.54, 1.807) is 6.33 Å². The number of nitrogen functional groups attached to an aromatic ring is 1. The minimum atomic E-state index is -1.95. The monoisotopic (exact) mass is 439 g/mol. The van der Waals surface area contributed by atoms with E-state index in [0.29, 0.717) is 30.0 Å². The Hall–Kier alpha value is -1.82. The quantitative estimate of drug-likeness (QED) is 0.555. The van der Waals surface area contributed by atoms with Crippen molar-refractivity contribution < 1.29 is 18.6 Å². The Morgan fingerprint density at radius 2 is 2.07 bits per heavy atom. The zero-order valence-electron chi connectivity index (χ0n) is 17.7. The minimum absolute atomic E-state index is 0.0821. The molecule has 0 spiro atoms.